The second kappa shape index (κ2) is 8.46. The van der Waals surface area contributed by atoms with Crippen molar-refractivity contribution >= 4 is 29.4 Å². The van der Waals surface area contributed by atoms with Crippen molar-refractivity contribution in [1.82, 2.24) is 4.90 Å². The molecule has 3 rings (SSSR count). The molecular formula is C21H24N2O6. The summed E-state index contributed by atoms with van der Waals surface area (Å²) >= 11 is 0. The Hall–Kier alpha value is -3.16. The zero-order valence-electron chi connectivity index (χ0n) is 16.6. The zero-order valence-corrected chi connectivity index (χ0v) is 16.6. The highest BCUT2D eigenvalue weighted by Crippen LogP contribution is 2.36. The van der Waals surface area contributed by atoms with E-state index in [-0.39, 0.29) is 11.8 Å². The van der Waals surface area contributed by atoms with E-state index in [0.29, 0.717) is 24.3 Å². The fraction of sp³-hybridized carbons (Fsp3) is 0.429. The number of amides is 3. The molecule has 1 heterocycles. The smallest absolute Gasteiger partial charge is 0.329 e. The van der Waals surface area contributed by atoms with E-state index in [9.17, 15) is 19.2 Å². The molecule has 3 amide bonds. The lowest BCUT2D eigenvalue weighted by Gasteiger charge is -2.23. The zero-order chi connectivity index (χ0) is 21.1. The first-order chi connectivity index (χ1) is 13.8. The van der Waals surface area contributed by atoms with Gasteiger partial charge in [0.2, 0.25) is 11.8 Å². The molecule has 0 radical (unpaired) electrons. The van der Waals surface area contributed by atoms with Crippen molar-refractivity contribution in [3.8, 4) is 5.75 Å². The molecular weight excluding hydrogens is 376 g/mol. The maximum absolute atomic E-state index is 12.6. The summed E-state index contributed by atoms with van der Waals surface area (Å²) in [4.78, 5) is 51.0. The van der Waals surface area contributed by atoms with Crippen molar-refractivity contribution in [1.29, 1.82) is 0 Å². The first kappa shape index (κ1) is 20.6. The highest BCUT2D eigenvalue weighted by molar-refractivity contribution is 6.08. The first-order valence-electron chi connectivity index (χ1n) is 9.50. The number of methoxy groups -OCH3 is 1. The second-order valence-corrected chi connectivity index (χ2v) is 7.18. The summed E-state index contributed by atoms with van der Waals surface area (Å²) in [6, 6.07) is 5.67. The molecule has 1 N–H and O–H groups in total. The minimum atomic E-state index is -1.10. The minimum Gasteiger partial charge on any atom is -0.497 e. The Labute approximate surface area is 168 Å². The van der Waals surface area contributed by atoms with E-state index in [0.717, 1.165) is 4.90 Å². The summed E-state index contributed by atoms with van der Waals surface area (Å²) in [6.07, 6.45) is 3.64. The summed E-state index contributed by atoms with van der Waals surface area (Å²) < 4.78 is 10.3. The molecule has 1 saturated heterocycles. The first-order valence-corrected chi connectivity index (χ1v) is 9.50. The van der Waals surface area contributed by atoms with Crippen molar-refractivity contribution in [3.63, 3.8) is 0 Å². The third-order valence-corrected chi connectivity index (χ3v) is 5.27. The largest absolute Gasteiger partial charge is 0.497 e. The predicted molar refractivity (Wildman–Crippen MR) is 104 cm³/mol. The molecule has 1 aromatic rings. The average Bonchev–Trinajstić information content (AvgIpc) is 2.98. The van der Waals surface area contributed by atoms with Gasteiger partial charge in [-0.05, 0) is 38.8 Å². The van der Waals surface area contributed by atoms with Crippen LogP contribution in [0.4, 0.5) is 5.69 Å². The van der Waals surface area contributed by atoms with Crippen LogP contribution in [-0.4, -0.2) is 47.8 Å². The van der Waals surface area contributed by atoms with Crippen LogP contribution < -0.4 is 10.1 Å². The number of fused-ring (bicyclic) bond motifs is 1. The Bertz CT molecular complexity index is 838. The van der Waals surface area contributed by atoms with Crippen molar-refractivity contribution in [2.45, 2.75) is 38.8 Å². The number of nitrogens with one attached hydrogen (secondary N) is 1. The molecule has 4 atom stereocenters. The number of hydrogen-bond donors (Lipinski definition) is 1. The predicted octanol–water partition coefficient (Wildman–Crippen LogP) is 1.91. The summed E-state index contributed by atoms with van der Waals surface area (Å²) in [5.74, 6) is -2.32. The molecule has 0 bridgehead atoms. The average molecular weight is 400 g/mol. The maximum atomic E-state index is 12.6. The van der Waals surface area contributed by atoms with Crippen molar-refractivity contribution in [2.24, 2.45) is 11.8 Å². The summed E-state index contributed by atoms with van der Waals surface area (Å²) in [5.41, 5.74) is 0.492. The van der Waals surface area contributed by atoms with E-state index in [1.165, 1.54) is 21.0 Å². The molecule has 1 aromatic carbocycles. The Morgan fingerprint density at radius 1 is 1.10 bits per heavy atom. The molecule has 0 unspecified atom stereocenters. The monoisotopic (exact) mass is 400 g/mol. The van der Waals surface area contributed by atoms with Crippen LogP contribution in [-0.2, 0) is 23.9 Å². The van der Waals surface area contributed by atoms with E-state index < -0.39 is 35.9 Å². The second-order valence-electron chi connectivity index (χ2n) is 7.18. The number of anilines is 1. The van der Waals surface area contributed by atoms with Crippen LogP contribution in [0.1, 0.15) is 26.7 Å². The highest BCUT2D eigenvalue weighted by Gasteiger charge is 2.50. The van der Waals surface area contributed by atoms with E-state index >= 15 is 0 Å². The van der Waals surface area contributed by atoms with Crippen LogP contribution in [0, 0.1) is 11.8 Å². The number of nitrogens with zero attached hydrogens (tertiary/aromatic N) is 1. The molecule has 1 aliphatic carbocycles. The number of likely N-dealkylation sites (tertiary alicyclic amines) is 1. The number of rotatable bonds is 6. The number of hydrogen-bond acceptors (Lipinski definition) is 6. The van der Waals surface area contributed by atoms with Gasteiger partial charge in [0.25, 0.3) is 5.91 Å². The lowest BCUT2D eigenvalue weighted by molar-refractivity contribution is -0.163. The topological polar surface area (TPSA) is 102 Å². The Morgan fingerprint density at radius 2 is 1.72 bits per heavy atom. The Kier molecular flexibility index (Phi) is 6.00. The van der Waals surface area contributed by atoms with E-state index in [1.807, 2.05) is 12.2 Å². The molecule has 8 nitrogen and oxygen atoms in total. The summed E-state index contributed by atoms with van der Waals surface area (Å²) in [5, 5.41) is 2.64. The molecule has 8 heteroatoms. The van der Waals surface area contributed by atoms with Gasteiger partial charge in [0, 0.05) is 11.8 Å². The number of carbonyl (C=O) groups is 4. The van der Waals surface area contributed by atoms with Crippen LogP contribution in [0.2, 0.25) is 0 Å². The third-order valence-electron chi connectivity index (χ3n) is 5.27. The quantitative estimate of drug-likeness (QED) is 0.445. The van der Waals surface area contributed by atoms with Gasteiger partial charge in [-0.1, -0.05) is 18.2 Å². The molecule has 2 aliphatic rings. The standard InChI is InChI=1S/C21H24N2O6/c1-12(23-19(25)16-9-4-5-10-17(16)20(23)26)21(27)29-13(2)18(24)22-14-7-6-8-15(11-14)28-3/h4-8,11-13,16-17H,9-10H2,1-3H3,(H,22,24)/t12-,13-,16+,17+/m0/s1. The van der Waals surface area contributed by atoms with Gasteiger partial charge >= 0.3 is 5.97 Å². The highest BCUT2D eigenvalue weighted by atomic mass is 16.5. The fourth-order valence-corrected chi connectivity index (χ4v) is 3.58. The van der Waals surface area contributed by atoms with Gasteiger partial charge in [-0.15, -0.1) is 0 Å². The number of ether oxygens (including phenoxy) is 2. The minimum absolute atomic E-state index is 0.359. The van der Waals surface area contributed by atoms with Gasteiger partial charge in [-0.2, -0.15) is 0 Å². The number of esters is 1. The SMILES string of the molecule is COc1cccc(NC(=O)[C@H](C)OC(=O)[C@H](C)N2C(=O)[C@@H]3CC=CC[C@H]3C2=O)c1. The van der Waals surface area contributed by atoms with Crippen LogP contribution in [0.3, 0.4) is 0 Å². The lowest BCUT2D eigenvalue weighted by atomic mass is 9.85. The van der Waals surface area contributed by atoms with Gasteiger partial charge in [0.05, 0.1) is 18.9 Å². The molecule has 1 fully saturated rings. The number of imide groups is 1. The van der Waals surface area contributed by atoms with E-state index in [1.54, 1.807) is 24.3 Å². The molecule has 1 aliphatic heterocycles. The lowest BCUT2D eigenvalue weighted by Crippen LogP contribution is -2.46. The van der Waals surface area contributed by atoms with Crippen molar-refractivity contribution in [3.05, 3.63) is 36.4 Å². The van der Waals surface area contributed by atoms with Crippen LogP contribution >= 0.6 is 0 Å². The normalized spacial score (nSPS) is 22.7. The van der Waals surface area contributed by atoms with Gasteiger partial charge in [-0.25, -0.2) is 4.79 Å². The number of carbonyl (C=O) groups excluding carboxylic acids is 4. The molecule has 0 spiro atoms. The van der Waals surface area contributed by atoms with Crippen molar-refractivity contribution < 1.29 is 28.7 Å². The maximum Gasteiger partial charge on any atom is 0.329 e. The molecule has 0 saturated carbocycles. The van der Waals surface area contributed by atoms with Crippen LogP contribution in [0.15, 0.2) is 36.4 Å². The number of allylic oxidation sites excluding steroid dienone is 2. The van der Waals surface area contributed by atoms with Gasteiger partial charge < -0.3 is 14.8 Å². The molecule has 154 valence electrons. The van der Waals surface area contributed by atoms with E-state index in [2.05, 4.69) is 5.32 Å². The molecule has 29 heavy (non-hydrogen) atoms. The van der Waals surface area contributed by atoms with Crippen LogP contribution in [0.25, 0.3) is 0 Å². The number of benzene rings is 1. The fourth-order valence-electron chi connectivity index (χ4n) is 3.58. The van der Waals surface area contributed by atoms with Gasteiger partial charge in [0.1, 0.15) is 11.8 Å². The van der Waals surface area contributed by atoms with Gasteiger partial charge in [-0.3, -0.25) is 19.3 Å². The van der Waals surface area contributed by atoms with E-state index in [4.69, 9.17) is 9.47 Å². The summed E-state index contributed by atoms with van der Waals surface area (Å²) in [6.45, 7) is 2.87. The Balaban J connectivity index is 1.60. The Morgan fingerprint density at radius 3 is 2.31 bits per heavy atom. The third kappa shape index (κ3) is 4.16. The summed E-state index contributed by atoms with van der Waals surface area (Å²) in [7, 11) is 1.51. The van der Waals surface area contributed by atoms with Crippen molar-refractivity contribution in [2.75, 3.05) is 12.4 Å². The van der Waals surface area contributed by atoms with Crippen LogP contribution in [0.5, 0.6) is 5.75 Å². The molecule has 0 aromatic heterocycles. The van der Waals surface area contributed by atoms with Gasteiger partial charge in [0.15, 0.2) is 6.10 Å².